The van der Waals surface area contributed by atoms with Crippen LogP contribution in [0.5, 0.6) is 0 Å². The van der Waals surface area contributed by atoms with Crippen LogP contribution in [-0.2, 0) is 14.3 Å². The van der Waals surface area contributed by atoms with Crippen LogP contribution < -0.4 is 5.32 Å². The molecule has 0 fully saturated rings. The molecular weight excluding hydrogens is 779 g/mol. The van der Waals surface area contributed by atoms with Crippen molar-refractivity contribution in [3.8, 4) is 0 Å². The summed E-state index contributed by atoms with van der Waals surface area (Å²) in [5, 5.41) is 23.7. The molecular formula is C57H101NO5. The van der Waals surface area contributed by atoms with Gasteiger partial charge in [0.15, 0.2) is 0 Å². The van der Waals surface area contributed by atoms with Crippen molar-refractivity contribution >= 4 is 11.9 Å². The molecule has 0 aromatic rings. The molecule has 3 atom stereocenters. The zero-order valence-electron chi connectivity index (χ0n) is 41.4. The minimum Gasteiger partial charge on any atom is -0.458 e. The van der Waals surface area contributed by atoms with E-state index >= 15 is 0 Å². The quantitative estimate of drug-likeness (QED) is 0.0321. The highest BCUT2D eigenvalue weighted by Gasteiger charge is 2.23. The number of carbonyl (C=O) groups excluding carboxylic acids is 2. The first-order valence-corrected chi connectivity index (χ1v) is 26.7. The highest BCUT2D eigenvalue weighted by atomic mass is 16.5. The topological polar surface area (TPSA) is 95.9 Å². The van der Waals surface area contributed by atoms with Crippen molar-refractivity contribution in [2.75, 3.05) is 6.61 Å². The van der Waals surface area contributed by atoms with Gasteiger partial charge in [-0.15, -0.1) is 0 Å². The summed E-state index contributed by atoms with van der Waals surface area (Å²) >= 11 is 0. The number of ether oxygens (including phenoxy) is 1. The van der Waals surface area contributed by atoms with E-state index in [9.17, 15) is 19.8 Å². The van der Waals surface area contributed by atoms with E-state index in [1.807, 2.05) is 6.08 Å². The molecule has 0 aliphatic carbocycles. The lowest BCUT2D eigenvalue weighted by Gasteiger charge is -2.23. The predicted molar refractivity (Wildman–Crippen MR) is 273 cm³/mol. The van der Waals surface area contributed by atoms with E-state index in [0.29, 0.717) is 19.3 Å². The zero-order chi connectivity index (χ0) is 45.9. The monoisotopic (exact) mass is 880 g/mol. The number of nitrogens with one attached hydrogen (secondary N) is 1. The van der Waals surface area contributed by atoms with Crippen molar-refractivity contribution in [3.05, 3.63) is 72.9 Å². The standard InChI is InChI=1S/C57H101NO5/c1-4-7-10-13-16-19-22-25-27-28-29-32-34-37-40-43-46-49-55(60)54(52-59)58-56(61)51-53(48-45-42-39-36-33-31-26-23-20-17-14-11-8-5-2)63-57(62)50-47-44-41-38-35-30-24-21-18-15-12-9-6-3/h8,11,17,20,26,30-31,35-36,39,45,48,53-55,59-60H,4-7,9-10,12-16,18-19,21-25,27-29,32-34,37-38,40-44,46-47,49-52H2,1-3H3,(H,58,61)/b11-8+,20-17+,31-26+,35-30-,39-36+,48-45+. The van der Waals surface area contributed by atoms with E-state index < -0.39 is 18.2 Å². The van der Waals surface area contributed by atoms with Gasteiger partial charge in [-0.1, -0.05) is 235 Å². The van der Waals surface area contributed by atoms with Crippen LogP contribution in [0.2, 0.25) is 0 Å². The number of hydrogen-bond acceptors (Lipinski definition) is 5. The van der Waals surface area contributed by atoms with Gasteiger partial charge in [0.1, 0.15) is 6.10 Å². The fourth-order valence-corrected chi connectivity index (χ4v) is 7.74. The van der Waals surface area contributed by atoms with Crippen LogP contribution in [0.25, 0.3) is 0 Å². The normalized spacial score (nSPS) is 13.8. The van der Waals surface area contributed by atoms with Crippen molar-refractivity contribution in [1.82, 2.24) is 5.32 Å². The lowest BCUT2D eigenvalue weighted by molar-refractivity contribution is -0.148. The van der Waals surface area contributed by atoms with E-state index in [2.05, 4.69) is 86.8 Å². The number of allylic oxidation sites excluding steroid dienone is 11. The Kier molecular flexibility index (Phi) is 48.1. The van der Waals surface area contributed by atoms with Gasteiger partial charge in [0.05, 0.1) is 25.2 Å². The van der Waals surface area contributed by atoms with Crippen molar-refractivity contribution < 1.29 is 24.5 Å². The second kappa shape index (κ2) is 50.3. The Morgan fingerprint density at radius 3 is 1.33 bits per heavy atom. The molecule has 63 heavy (non-hydrogen) atoms. The van der Waals surface area contributed by atoms with Crippen LogP contribution in [0.15, 0.2) is 72.9 Å². The number of rotatable bonds is 47. The Morgan fingerprint density at radius 1 is 0.492 bits per heavy atom. The van der Waals surface area contributed by atoms with Crippen molar-refractivity contribution in [2.45, 2.75) is 270 Å². The fraction of sp³-hybridized carbons (Fsp3) is 0.754. The lowest BCUT2D eigenvalue weighted by Crippen LogP contribution is -2.46. The maximum absolute atomic E-state index is 13.2. The molecule has 0 bridgehead atoms. The largest absolute Gasteiger partial charge is 0.458 e. The average molecular weight is 880 g/mol. The summed E-state index contributed by atoms with van der Waals surface area (Å²) in [6, 6.07) is -0.747. The Hall–Kier alpha value is -2.70. The SMILES string of the molecule is CC/C=C/C/C=C/C/C=C/C/C=C/C/C=C/C(CC(=O)NC(CO)C(O)CCCCCCCCCCCCCCCCCCC)OC(=O)CCCCC/C=C\CCCCCCCC. The van der Waals surface area contributed by atoms with Gasteiger partial charge in [0.25, 0.3) is 0 Å². The molecule has 0 rings (SSSR count). The Labute approximate surface area is 390 Å². The van der Waals surface area contributed by atoms with Gasteiger partial charge < -0.3 is 20.3 Å². The predicted octanol–water partition coefficient (Wildman–Crippen LogP) is 16.2. The second-order valence-electron chi connectivity index (χ2n) is 17.9. The van der Waals surface area contributed by atoms with Gasteiger partial charge in [-0.05, 0) is 76.7 Å². The van der Waals surface area contributed by atoms with Crippen LogP contribution in [0, 0.1) is 0 Å². The summed E-state index contributed by atoms with van der Waals surface area (Å²) in [4.78, 5) is 26.1. The van der Waals surface area contributed by atoms with Crippen LogP contribution in [0.4, 0.5) is 0 Å². The van der Waals surface area contributed by atoms with Crippen LogP contribution in [0.3, 0.4) is 0 Å². The molecule has 3 unspecified atom stereocenters. The van der Waals surface area contributed by atoms with E-state index in [1.54, 1.807) is 6.08 Å². The molecule has 0 spiro atoms. The van der Waals surface area contributed by atoms with E-state index in [-0.39, 0.29) is 24.9 Å². The molecule has 0 saturated carbocycles. The Balaban J connectivity index is 4.67. The van der Waals surface area contributed by atoms with E-state index in [4.69, 9.17) is 4.74 Å². The fourth-order valence-electron chi connectivity index (χ4n) is 7.74. The third-order valence-corrected chi connectivity index (χ3v) is 11.8. The molecule has 0 aromatic heterocycles. The van der Waals surface area contributed by atoms with Crippen molar-refractivity contribution in [2.24, 2.45) is 0 Å². The molecule has 6 nitrogen and oxygen atoms in total. The van der Waals surface area contributed by atoms with Gasteiger partial charge in [0.2, 0.25) is 5.91 Å². The number of hydrogen-bond donors (Lipinski definition) is 3. The first-order chi connectivity index (χ1) is 31.0. The Morgan fingerprint density at radius 2 is 0.889 bits per heavy atom. The molecule has 0 aromatic carbocycles. The second-order valence-corrected chi connectivity index (χ2v) is 17.9. The summed E-state index contributed by atoms with van der Waals surface area (Å²) in [6.07, 6.45) is 64.3. The molecule has 0 aliphatic heterocycles. The molecule has 0 aliphatic rings. The first kappa shape index (κ1) is 60.3. The molecule has 0 radical (unpaired) electrons. The number of aliphatic hydroxyl groups excluding tert-OH is 2. The summed E-state index contributed by atoms with van der Waals surface area (Å²) < 4.78 is 5.81. The molecule has 1 amide bonds. The molecule has 6 heteroatoms. The number of unbranched alkanes of at least 4 members (excludes halogenated alkanes) is 25. The number of carbonyl (C=O) groups is 2. The Bertz CT molecular complexity index is 1170. The highest BCUT2D eigenvalue weighted by Crippen LogP contribution is 2.16. The maximum atomic E-state index is 13.2. The first-order valence-electron chi connectivity index (χ1n) is 26.7. The van der Waals surface area contributed by atoms with Gasteiger partial charge in [0, 0.05) is 6.42 Å². The highest BCUT2D eigenvalue weighted by molar-refractivity contribution is 5.78. The summed E-state index contributed by atoms with van der Waals surface area (Å²) in [7, 11) is 0. The molecule has 364 valence electrons. The summed E-state index contributed by atoms with van der Waals surface area (Å²) in [6.45, 7) is 6.33. The van der Waals surface area contributed by atoms with Crippen LogP contribution in [0.1, 0.15) is 252 Å². The van der Waals surface area contributed by atoms with Crippen molar-refractivity contribution in [1.29, 1.82) is 0 Å². The van der Waals surface area contributed by atoms with E-state index in [0.717, 1.165) is 77.0 Å². The number of amides is 1. The molecule has 0 saturated heterocycles. The average Bonchev–Trinajstić information content (AvgIpc) is 3.28. The van der Waals surface area contributed by atoms with Crippen LogP contribution in [-0.4, -0.2) is 46.9 Å². The van der Waals surface area contributed by atoms with Crippen LogP contribution >= 0.6 is 0 Å². The molecule has 0 heterocycles. The van der Waals surface area contributed by atoms with E-state index in [1.165, 1.54) is 128 Å². The summed E-state index contributed by atoms with van der Waals surface area (Å²) in [5.74, 6) is -0.647. The summed E-state index contributed by atoms with van der Waals surface area (Å²) in [5.41, 5.74) is 0. The lowest BCUT2D eigenvalue weighted by atomic mass is 10.0. The smallest absolute Gasteiger partial charge is 0.306 e. The van der Waals surface area contributed by atoms with Gasteiger partial charge >= 0.3 is 5.97 Å². The van der Waals surface area contributed by atoms with Crippen molar-refractivity contribution in [3.63, 3.8) is 0 Å². The maximum Gasteiger partial charge on any atom is 0.306 e. The zero-order valence-corrected chi connectivity index (χ0v) is 41.4. The minimum absolute atomic E-state index is 0.0534. The van der Waals surface area contributed by atoms with Gasteiger partial charge in [-0.25, -0.2) is 0 Å². The minimum atomic E-state index is -0.824. The number of aliphatic hydroxyl groups is 2. The van der Waals surface area contributed by atoms with Gasteiger partial charge in [-0.3, -0.25) is 9.59 Å². The third kappa shape index (κ3) is 45.7. The molecule has 3 N–H and O–H groups in total. The third-order valence-electron chi connectivity index (χ3n) is 11.8. The van der Waals surface area contributed by atoms with Gasteiger partial charge in [-0.2, -0.15) is 0 Å². The number of esters is 1.